The normalized spacial score (nSPS) is 25.3. The first-order valence-electron chi connectivity index (χ1n) is 8.70. The smallest absolute Gasteiger partial charge is 0.336 e. The minimum atomic E-state index is -0.365. The predicted molar refractivity (Wildman–Crippen MR) is 91.1 cm³/mol. The van der Waals surface area contributed by atoms with Crippen LogP contribution in [0.2, 0.25) is 0 Å². The molecule has 128 valence electrons. The van der Waals surface area contributed by atoms with Crippen molar-refractivity contribution in [3.05, 3.63) is 40.2 Å². The van der Waals surface area contributed by atoms with Gasteiger partial charge in [0.15, 0.2) is 0 Å². The molecule has 5 nitrogen and oxygen atoms in total. The molecule has 0 bridgehead atoms. The summed E-state index contributed by atoms with van der Waals surface area (Å²) in [5.41, 5.74) is 1.33. The van der Waals surface area contributed by atoms with Gasteiger partial charge in [-0.05, 0) is 49.9 Å². The molecule has 24 heavy (non-hydrogen) atoms. The van der Waals surface area contributed by atoms with Gasteiger partial charge in [-0.2, -0.15) is 0 Å². The molecule has 1 N–H and O–H groups in total. The van der Waals surface area contributed by atoms with Crippen molar-refractivity contribution in [1.29, 1.82) is 0 Å². The molecule has 2 saturated heterocycles. The van der Waals surface area contributed by atoms with Crippen LogP contribution in [-0.4, -0.2) is 36.3 Å². The van der Waals surface area contributed by atoms with Crippen molar-refractivity contribution in [1.82, 2.24) is 4.90 Å². The molecule has 1 aromatic heterocycles. The molecule has 2 aromatic rings. The molecular formula is C19H23NO4. The second kappa shape index (κ2) is 6.22. The highest BCUT2D eigenvalue weighted by Gasteiger charge is 2.37. The maximum Gasteiger partial charge on any atom is 0.336 e. The Bertz CT molecular complexity index is 786. The third kappa shape index (κ3) is 3.06. The Hall–Kier alpha value is -1.85. The Morgan fingerprint density at radius 1 is 1.21 bits per heavy atom. The van der Waals surface area contributed by atoms with Crippen LogP contribution in [0, 0.1) is 5.41 Å². The number of ether oxygens (including phenoxy) is 1. The fraction of sp³-hybridized carbons (Fsp3) is 0.526. The van der Waals surface area contributed by atoms with Crippen molar-refractivity contribution in [3.8, 4) is 5.75 Å². The summed E-state index contributed by atoms with van der Waals surface area (Å²) >= 11 is 0. The molecule has 4 rings (SSSR count). The third-order valence-electron chi connectivity index (χ3n) is 5.35. The molecule has 5 heteroatoms. The van der Waals surface area contributed by atoms with Crippen LogP contribution < -0.4 is 5.63 Å². The SMILES string of the molecule is O=c1cc(CN2CCCC3(CCCOC3)C2)c2ccc(O)cc2o1. The van der Waals surface area contributed by atoms with Crippen molar-refractivity contribution in [2.24, 2.45) is 5.41 Å². The lowest BCUT2D eigenvalue weighted by molar-refractivity contribution is -0.0505. The molecule has 0 aliphatic carbocycles. The molecule has 1 aromatic carbocycles. The van der Waals surface area contributed by atoms with Crippen molar-refractivity contribution in [3.63, 3.8) is 0 Å². The lowest BCUT2D eigenvalue weighted by Gasteiger charge is -2.45. The zero-order valence-electron chi connectivity index (χ0n) is 13.8. The van der Waals surface area contributed by atoms with Gasteiger partial charge in [0.1, 0.15) is 11.3 Å². The minimum Gasteiger partial charge on any atom is -0.508 e. The van der Waals surface area contributed by atoms with Gasteiger partial charge in [0.05, 0.1) is 6.61 Å². The van der Waals surface area contributed by atoms with E-state index in [4.69, 9.17) is 9.15 Å². The van der Waals surface area contributed by atoms with Gasteiger partial charge < -0.3 is 14.3 Å². The molecule has 2 aliphatic rings. The molecule has 1 spiro atoms. The van der Waals surface area contributed by atoms with E-state index in [0.717, 1.165) is 50.2 Å². The van der Waals surface area contributed by atoms with Crippen LogP contribution in [0.5, 0.6) is 5.75 Å². The Kier molecular flexibility index (Phi) is 4.06. The quantitative estimate of drug-likeness (QED) is 0.859. The Labute approximate surface area is 140 Å². The number of hydrogen-bond donors (Lipinski definition) is 1. The number of piperidine rings is 1. The molecule has 2 fully saturated rings. The van der Waals surface area contributed by atoms with Gasteiger partial charge in [0.2, 0.25) is 0 Å². The zero-order chi connectivity index (χ0) is 16.6. The number of fused-ring (bicyclic) bond motifs is 1. The van der Waals surface area contributed by atoms with Gasteiger partial charge >= 0.3 is 5.63 Å². The topological polar surface area (TPSA) is 62.9 Å². The van der Waals surface area contributed by atoms with E-state index in [1.807, 2.05) is 6.07 Å². The minimum absolute atomic E-state index is 0.110. The molecule has 0 amide bonds. The van der Waals surface area contributed by atoms with Crippen LogP contribution in [0.3, 0.4) is 0 Å². The first-order chi connectivity index (χ1) is 11.6. The fourth-order valence-electron chi connectivity index (χ4n) is 4.27. The van der Waals surface area contributed by atoms with Gasteiger partial charge in [-0.25, -0.2) is 4.79 Å². The summed E-state index contributed by atoms with van der Waals surface area (Å²) in [6.45, 7) is 4.54. The van der Waals surface area contributed by atoms with Crippen LogP contribution in [-0.2, 0) is 11.3 Å². The largest absolute Gasteiger partial charge is 0.508 e. The molecular weight excluding hydrogens is 306 g/mol. The zero-order valence-corrected chi connectivity index (χ0v) is 13.8. The summed E-state index contributed by atoms with van der Waals surface area (Å²) < 4.78 is 11.0. The molecule has 1 atom stereocenters. The average molecular weight is 329 g/mol. The van der Waals surface area contributed by atoms with E-state index in [-0.39, 0.29) is 16.8 Å². The summed E-state index contributed by atoms with van der Waals surface area (Å²) in [5.74, 6) is 0.110. The molecule has 1 unspecified atom stereocenters. The van der Waals surface area contributed by atoms with Crippen LogP contribution in [0.25, 0.3) is 11.0 Å². The van der Waals surface area contributed by atoms with E-state index >= 15 is 0 Å². The molecule has 0 saturated carbocycles. The van der Waals surface area contributed by atoms with E-state index in [1.165, 1.54) is 25.3 Å². The van der Waals surface area contributed by atoms with Crippen molar-refractivity contribution < 1.29 is 14.3 Å². The number of likely N-dealkylation sites (tertiary alicyclic amines) is 1. The molecule has 0 radical (unpaired) electrons. The number of nitrogens with zero attached hydrogens (tertiary/aromatic N) is 1. The summed E-state index contributed by atoms with van der Waals surface area (Å²) in [5, 5.41) is 10.5. The average Bonchev–Trinajstić information content (AvgIpc) is 2.55. The lowest BCUT2D eigenvalue weighted by Crippen LogP contribution is -2.47. The third-order valence-corrected chi connectivity index (χ3v) is 5.35. The first kappa shape index (κ1) is 15.7. The number of phenolic OH excluding ortho intramolecular Hbond substituents is 1. The maximum absolute atomic E-state index is 11.9. The van der Waals surface area contributed by atoms with Crippen LogP contribution in [0.1, 0.15) is 31.2 Å². The number of rotatable bonds is 2. The highest BCUT2D eigenvalue weighted by molar-refractivity contribution is 5.81. The summed E-state index contributed by atoms with van der Waals surface area (Å²) in [4.78, 5) is 14.3. The van der Waals surface area contributed by atoms with Gasteiger partial charge in [0, 0.05) is 42.6 Å². The standard InChI is InChI=1S/C19H23NO4/c21-15-3-4-16-14(9-18(22)24-17(16)10-15)11-20-7-1-5-19(12-20)6-2-8-23-13-19/h3-4,9-10,21H,1-2,5-8,11-13H2. The van der Waals surface area contributed by atoms with Gasteiger partial charge in [0.25, 0.3) is 0 Å². The van der Waals surface area contributed by atoms with Crippen molar-refractivity contribution in [2.45, 2.75) is 32.2 Å². The van der Waals surface area contributed by atoms with E-state index in [2.05, 4.69) is 4.90 Å². The Morgan fingerprint density at radius 2 is 2.08 bits per heavy atom. The number of benzene rings is 1. The monoisotopic (exact) mass is 329 g/mol. The summed E-state index contributed by atoms with van der Waals surface area (Å²) in [7, 11) is 0. The van der Waals surface area contributed by atoms with E-state index < -0.39 is 0 Å². The number of hydrogen-bond acceptors (Lipinski definition) is 5. The van der Waals surface area contributed by atoms with Gasteiger partial charge in [-0.1, -0.05) is 0 Å². The number of phenols is 1. The second-order valence-electron chi connectivity index (χ2n) is 7.24. The van der Waals surface area contributed by atoms with Crippen LogP contribution >= 0.6 is 0 Å². The highest BCUT2D eigenvalue weighted by Crippen LogP contribution is 2.38. The number of aromatic hydroxyl groups is 1. The van der Waals surface area contributed by atoms with Crippen molar-refractivity contribution >= 4 is 11.0 Å². The van der Waals surface area contributed by atoms with Crippen LogP contribution in [0.4, 0.5) is 0 Å². The van der Waals surface area contributed by atoms with E-state index in [0.29, 0.717) is 5.58 Å². The van der Waals surface area contributed by atoms with Gasteiger partial charge in [-0.15, -0.1) is 0 Å². The maximum atomic E-state index is 11.9. The van der Waals surface area contributed by atoms with Crippen molar-refractivity contribution in [2.75, 3.05) is 26.3 Å². The summed E-state index contributed by atoms with van der Waals surface area (Å²) in [6.07, 6.45) is 4.78. The highest BCUT2D eigenvalue weighted by atomic mass is 16.5. The molecule has 3 heterocycles. The van der Waals surface area contributed by atoms with Gasteiger partial charge in [-0.3, -0.25) is 4.90 Å². The first-order valence-corrected chi connectivity index (χ1v) is 8.70. The molecule has 2 aliphatic heterocycles. The Balaban J connectivity index is 1.60. The predicted octanol–water partition coefficient (Wildman–Crippen LogP) is 2.89. The lowest BCUT2D eigenvalue weighted by atomic mass is 9.76. The summed E-state index contributed by atoms with van der Waals surface area (Å²) in [6, 6.07) is 6.55. The van der Waals surface area contributed by atoms with E-state index in [9.17, 15) is 9.90 Å². The fourth-order valence-corrected chi connectivity index (χ4v) is 4.27. The van der Waals surface area contributed by atoms with Crippen LogP contribution in [0.15, 0.2) is 33.5 Å². The van der Waals surface area contributed by atoms with E-state index in [1.54, 1.807) is 12.1 Å². The Morgan fingerprint density at radius 3 is 2.92 bits per heavy atom. The second-order valence-corrected chi connectivity index (χ2v) is 7.24.